The summed E-state index contributed by atoms with van der Waals surface area (Å²) >= 11 is 0. The molecule has 7 heteroatoms. The summed E-state index contributed by atoms with van der Waals surface area (Å²) in [4.78, 5) is 14.6. The van der Waals surface area contributed by atoms with Crippen molar-refractivity contribution in [2.75, 3.05) is 44.3 Å². The van der Waals surface area contributed by atoms with E-state index in [0.29, 0.717) is 32.2 Å². The van der Waals surface area contributed by atoms with Crippen molar-refractivity contribution in [1.82, 2.24) is 10.6 Å². The number of ether oxygens (including phenoxy) is 2. The predicted octanol–water partition coefficient (Wildman–Crippen LogP) is 3.70. The highest BCUT2D eigenvalue weighted by atomic mass is 19.1. The van der Waals surface area contributed by atoms with Crippen LogP contribution in [0.4, 0.5) is 14.9 Å². The molecule has 0 spiro atoms. The molecule has 0 aromatic heterocycles. The van der Waals surface area contributed by atoms with E-state index in [-0.39, 0.29) is 17.3 Å². The minimum Gasteiger partial charge on any atom is -0.486 e. The Balaban J connectivity index is 1.23. The summed E-state index contributed by atoms with van der Waals surface area (Å²) in [6.07, 6.45) is 1.00. The van der Waals surface area contributed by atoms with Crippen LogP contribution in [0.15, 0.2) is 42.5 Å². The first-order chi connectivity index (χ1) is 14.9. The molecule has 2 N–H and O–H groups in total. The number of rotatable bonds is 6. The summed E-state index contributed by atoms with van der Waals surface area (Å²) in [6, 6.07) is 12.4. The lowest BCUT2D eigenvalue weighted by molar-refractivity contribution is 0.171. The van der Waals surface area contributed by atoms with Crippen LogP contribution in [-0.4, -0.2) is 45.4 Å². The lowest BCUT2D eigenvalue weighted by atomic mass is 9.84. The topological polar surface area (TPSA) is 62.8 Å². The van der Waals surface area contributed by atoms with E-state index in [1.54, 1.807) is 12.1 Å². The highest BCUT2D eigenvalue weighted by molar-refractivity contribution is 5.74. The van der Waals surface area contributed by atoms with Crippen molar-refractivity contribution in [3.8, 4) is 11.5 Å². The van der Waals surface area contributed by atoms with Gasteiger partial charge in [-0.2, -0.15) is 0 Å². The summed E-state index contributed by atoms with van der Waals surface area (Å²) in [5.41, 5.74) is 1.86. The molecule has 2 heterocycles. The molecule has 4 rings (SSSR count). The van der Waals surface area contributed by atoms with Gasteiger partial charge in [-0.15, -0.1) is 0 Å². The molecule has 1 unspecified atom stereocenters. The maximum atomic E-state index is 13.1. The average molecular weight is 428 g/mol. The second-order valence-electron chi connectivity index (χ2n) is 8.88. The number of carbonyl (C=O) groups excluding carboxylic acids is 1. The number of nitrogens with zero attached hydrogens (tertiary/aromatic N) is 1. The zero-order valence-electron chi connectivity index (χ0n) is 18.1. The van der Waals surface area contributed by atoms with Crippen LogP contribution in [-0.2, 0) is 5.41 Å². The van der Waals surface area contributed by atoms with Gasteiger partial charge in [0, 0.05) is 37.3 Å². The molecule has 0 saturated carbocycles. The van der Waals surface area contributed by atoms with E-state index in [2.05, 4.69) is 29.4 Å². The number of amides is 2. The van der Waals surface area contributed by atoms with Gasteiger partial charge in [0.15, 0.2) is 11.5 Å². The molecule has 166 valence electrons. The summed E-state index contributed by atoms with van der Waals surface area (Å²) < 4.78 is 24.4. The largest absolute Gasteiger partial charge is 0.486 e. The van der Waals surface area contributed by atoms with Crippen LogP contribution in [0.5, 0.6) is 11.5 Å². The first-order valence-corrected chi connectivity index (χ1v) is 10.8. The Kier molecular flexibility index (Phi) is 6.20. The standard InChI is InChI=1S/C24H30FN3O3/c1-24(2,18-3-8-21-22(13-18)31-12-11-30-21)16-27-23(29)26-14-17-9-10-28(15-17)20-6-4-19(25)5-7-20/h3-8,13,17H,9-12,14-16H2,1-2H3,(H2,26,27,29). The fraction of sp³-hybridized carbons (Fsp3) is 0.458. The molecule has 2 aromatic carbocycles. The van der Waals surface area contributed by atoms with Crippen LogP contribution in [0.3, 0.4) is 0 Å². The van der Waals surface area contributed by atoms with Crippen molar-refractivity contribution in [3.63, 3.8) is 0 Å². The number of carbonyl (C=O) groups is 1. The quantitative estimate of drug-likeness (QED) is 0.738. The molecule has 1 atom stereocenters. The fourth-order valence-corrected chi connectivity index (χ4v) is 4.05. The van der Waals surface area contributed by atoms with E-state index < -0.39 is 0 Å². The molecule has 6 nitrogen and oxygen atoms in total. The minimum absolute atomic E-state index is 0.161. The number of fused-ring (bicyclic) bond motifs is 1. The smallest absolute Gasteiger partial charge is 0.314 e. The highest BCUT2D eigenvalue weighted by Crippen LogP contribution is 2.35. The van der Waals surface area contributed by atoms with Crippen LogP contribution in [0.25, 0.3) is 0 Å². The van der Waals surface area contributed by atoms with Crippen molar-refractivity contribution in [3.05, 3.63) is 53.8 Å². The Morgan fingerprint density at radius 1 is 1.10 bits per heavy atom. The molecule has 0 aliphatic carbocycles. The molecule has 2 aliphatic rings. The molecule has 0 radical (unpaired) electrons. The third-order valence-corrected chi connectivity index (χ3v) is 6.04. The Morgan fingerprint density at radius 2 is 1.84 bits per heavy atom. The molecule has 2 aromatic rings. The zero-order valence-corrected chi connectivity index (χ0v) is 18.1. The first kappa shape index (κ1) is 21.3. The second kappa shape index (κ2) is 9.04. The number of hydrogen-bond acceptors (Lipinski definition) is 4. The number of benzene rings is 2. The van der Waals surface area contributed by atoms with E-state index in [1.807, 2.05) is 18.2 Å². The van der Waals surface area contributed by atoms with Crippen LogP contribution in [0.1, 0.15) is 25.8 Å². The zero-order chi connectivity index (χ0) is 21.8. The molecule has 1 saturated heterocycles. The SMILES string of the molecule is CC(C)(CNC(=O)NCC1CCN(c2ccc(F)cc2)C1)c1ccc2c(c1)OCCO2. The molecular weight excluding hydrogens is 397 g/mol. The predicted molar refractivity (Wildman–Crippen MR) is 119 cm³/mol. The van der Waals surface area contributed by atoms with Crippen molar-refractivity contribution in [2.24, 2.45) is 5.92 Å². The third kappa shape index (κ3) is 5.21. The van der Waals surface area contributed by atoms with Gasteiger partial charge in [-0.05, 0) is 54.3 Å². The second-order valence-corrected chi connectivity index (χ2v) is 8.88. The molecular formula is C24H30FN3O3. The number of nitrogens with one attached hydrogen (secondary N) is 2. The van der Waals surface area contributed by atoms with Gasteiger partial charge in [-0.1, -0.05) is 19.9 Å². The lowest BCUT2D eigenvalue weighted by Crippen LogP contribution is -2.44. The summed E-state index contributed by atoms with van der Waals surface area (Å²) in [5.74, 6) is 1.68. The van der Waals surface area contributed by atoms with E-state index in [9.17, 15) is 9.18 Å². The van der Waals surface area contributed by atoms with Gasteiger partial charge in [0.05, 0.1) is 0 Å². The molecule has 31 heavy (non-hydrogen) atoms. The maximum Gasteiger partial charge on any atom is 0.314 e. The van der Waals surface area contributed by atoms with Crippen molar-refractivity contribution >= 4 is 11.7 Å². The number of hydrogen-bond donors (Lipinski definition) is 2. The lowest BCUT2D eigenvalue weighted by Gasteiger charge is -2.28. The van der Waals surface area contributed by atoms with Gasteiger partial charge in [0.1, 0.15) is 19.0 Å². The average Bonchev–Trinajstić information content (AvgIpc) is 3.25. The van der Waals surface area contributed by atoms with Crippen molar-refractivity contribution in [1.29, 1.82) is 0 Å². The number of halogens is 1. The molecule has 1 fully saturated rings. The Morgan fingerprint density at radius 3 is 2.61 bits per heavy atom. The summed E-state index contributed by atoms with van der Waals surface area (Å²) in [5, 5.41) is 6.00. The minimum atomic E-state index is -0.250. The molecule has 2 amide bonds. The fourth-order valence-electron chi connectivity index (χ4n) is 4.05. The van der Waals surface area contributed by atoms with E-state index in [0.717, 1.165) is 42.3 Å². The summed E-state index contributed by atoms with van der Waals surface area (Å²) in [7, 11) is 0. The van der Waals surface area contributed by atoms with Gasteiger partial charge in [-0.3, -0.25) is 0 Å². The highest BCUT2D eigenvalue weighted by Gasteiger charge is 2.26. The monoisotopic (exact) mass is 427 g/mol. The van der Waals surface area contributed by atoms with Crippen LogP contribution < -0.4 is 25.0 Å². The Bertz CT molecular complexity index is 917. The molecule has 0 bridgehead atoms. The van der Waals surface area contributed by atoms with Crippen LogP contribution >= 0.6 is 0 Å². The maximum absolute atomic E-state index is 13.1. The van der Waals surface area contributed by atoms with Crippen molar-refractivity contribution < 1.29 is 18.7 Å². The number of urea groups is 1. The Hall–Kier alpha value is -2.96. The molecule has 2 aliphatic heterocycles. The van der Waals surface area contributed by atoms with Gasteiger partial charge in [0.25, 0.3) is 0 Å². The van der Waals surface area contributed by atoms with Crippen LogP contribution in [0.2, 0.25) is 0 Å². The van der Waals surface area contributed by atoms with E-state index in [1.165, 1.54) is 12.1 Å². The van der Waals surface area contributed by atoms with Gasteiger partial charge >= 0.3 is 6.03 Å². The van der Waals surface area contributed by atoms with E-state index in [4.69, 9.17) is 9.47 Å². The first-order valence-electron chi connectivity index (χ1n) is 10.8. The van der Waals surface area contributed by atoms with E-state index >= 15 is 0 Å². The van der Waals surface area contributed by atoms with Gasteiger partial charge < -0.3 is 25.0 Å². The van der Waals surface area contributed by atoms with Crippen LogP contribution in [0, 0.1) is 11.7 Å². The van der Waals surface area contributed by atoms with Gasteiger partial charge in [0.2, 0.25) is 0 Å². The number of anilines is 1. The third-order valence-electron chi connectivity index (χ3n) is 6.04. The van der Waals surface area contributed by atoms with Gasteiger partial charge in [-0.25, -0.2) is 9.18 Å². The van der Waals surface area contributed by atoms with Crippen molar-refractivity contribution in [2.45, 2.75) is 25.7 Å². The summed E-state index contributed by atoms with van der Waals surface area (Å²) in [6.45, 7) is 8.20. The normalized spacial score (nSPS) is 18.0. The Labute approximate surface area is 182 Å².